The molecule has 4 heteroatoms. The van der Waals surface area contributed by atoms with Gasteiger partial charge in [-0.1, -0.05) is 19.1 Å². The number of ether oxygens (including phenoxy) is 1. The summed E-state index contributed by atoms with van der Waals surface area (Å²) in [6, 6.07) is 12.3. The van der Waals surface area contributed by atoms with E-state index < -0.39 is 0 Å². The highest BCUT2D eigenvalue weighted by Gasteiger charge is 2.07. The van der Waals surface area contributed by atoms with Gasteiger partial charge < -0.3 is 15.4 Å². The topological polar surface area (TPSA) is 38.5 Å². The first-order valence-corrected chi connectivity index (χ1v) is 7.08. The summed E-state index contributed by atoms with van der Waals surface area (Å²) in [6.45, 7) is 3.40. The van der Waals surface area contributed by atoms with Gasteiger partial charge in [0.1, 0.15) is 11.6 Å². The largest absolute Gasteiger partial charge is 0.491 e. The molecule has 0 saturated carbocycles. The standard InChI is InChI=1S/C17H21FN2O/c1-3-10-21-17-11-15(8-9-16(17)19)20(2)12-13-4-6-14(18)7-5-13/h4-9,11H,3,10,12,19H2,1-2H3. The second kappa shape index (κ2) is 6.97. The van der Waals surface area contributed by atoms with E-state index in [0.29, 0.717) is 24.6 Å². The molecule has 0 aliphatic heterocycles. The van der Waals surface area contributed by atoms with Gasteiger partial charge in [0.25, 0.3) is 0 Å². The van der Waals surface area contributed by atoms with Crippen LogP contribution in [0.25, 0.3) is 0 Å². The number of benzene rings is 2. The van der Waals surface area contributed by atoms with E-state index >= 15 is 0 Å². The first kappa shape index (κ1) is 15.2. The van der Waals surface area contributed by atoms with Gasteiger partial charge in [0.15, 0.2) is 0 Å². The van der Waals surface area contributed by atoms with Crippen molar-refractivity contribution in [3.8, 4) is 5.75 Å². The summed E-state index contributed by atoms with van der Waals surface area (Å²) in [5.41, 5.74) is 8.62. The molecule has 2 aromatic rings. The predicted molar refractivity (Wildman–Crippen MR) is 85.1 cm³/mol. The number of anilines is 2. The molecular weight excluding hydrogens is 267 g/mol. The number of hydrogen-bond acceptors (Lipinski definition) is 3. The van der Waals surface area contributed by atoms with Crippen molar-refractivity contribution < 1.29 is 9.13 Å². The molecule has 3 nitrogen and oxygen atoms in total. The van der Waals surface area contributed by atoms with Gasteiger partial charge in [-0.3, -0.25) is 0 Å². The van der Waals surface area contributed by atoms with Crippen molar-refractivity contribution in [1.29, 1.82) is 0 Å². The summed E-state index contributed by atoms with van der Waals surface area (Å²) in [5, 5.41) is 0. The van der Waals surface area contributed by atoms with E-state index in [1.807, 2.05) is 25.2 Å². The van der Waals surface area contributed by atoms with E-state index in [4.69, 9.17) is 10.5 Å². The third-order valence-corrected chi connectivity index (χ3v) is 3.23. The van der Waals surface area contributed by atoms with Crippen molar-refractivity contribution in [1.82, 2.24) is 0 Å². The smallest absolute Gasteiger partial charge is 0.144 e. The lowest BCUT2D eigenvalue weighted by Gasteiger charge is -2.21. The van der Waals surface area contributed by atoms with Crippen LogP contribution in [-0.2, 0) is 6.54 Å². The van der Waals surface area contributed by atoms with E-state index in [2.05, 4.69) is 11.8 Å². The Balaban J connectivity index is 2.11. The minimum Gasteiger partial charge on any atom is -0.491 e. The van der Waals surface area contributed by atoms with Crippen LogP contribution < -0.4 is 15.4 Å². The Morgan fingerprint density at radius 1 is 1.14 bits per heavy atom. The summed E-state index contributed by atoms with van der Waals surface area (Å²) in [6.07, 6.45) is 0.940. The van der Waals surface area contributed by atoms with Gasteiger partial charge in [-0.25, -0.2) is 4.39 Å². The maximum absolute atomic E-state index is 12.9. The van der Waals surface area contributed by atoms with Crippen molar-refractivity contribution in [3.63, 3.8) is 0 Å². The van der Waals surface area contributed by atoms with Crippen LogP contribution in [0.2, 0.25) is 0 Å². The molecule has 0 unspecified atom stereocenters. The molecular formula is C17H21FN2O. The van der Waals surface area contributed by atoms with Crippen molar-refractivity contribution in [3.05, 3.63) is 53.8 Å². The molecule has 0 amide bonds. The van der Waals surface area contributed by atoms with Crippen LogP contribution in [0.1, 0.15) is 18.9 Å². The predicted octanol–water partition coefficient (Wildman–Crippen LogP) is 3.83. The van der Waals surface area contributed by atoms with E-state index in [1.165, 1.54) is 12.1 Å². The van der Waals surface area contributed by atoms with Crippen molar-refractivity contribution in [2.75, 3.05) is 24.3 Å². The monoisotopic (exact) mass is 288 g/mol. The van der Waals surface area contributed by atoms with E-state index in [-0.39, 0.29) is 5.82 Å². The average Bonchev–Trinajstić information content (AvgIpc) is 2.48. The lowest BCUT2D eigenvalue weighted by Crippen LogP contribution is -2.16. The maximum atomic E-state index is 12.9. The fraction of sp³-hybridized carbons (Fsp3) is 0.294. The molecule has 0 aliphatic rings. The molecule has 21 heavy (non-hydrogen) atoms. The fourth-order valence-electron chi connectivity index (χ4n) is 2.05. The third-order valence-electron chi connectivity index (χ3n) is 3.23. The third kappa shape index (κ3) is 4.12. The van der Waals surface area contributed by atoms with Crippen LogP contribution in [0, 0.1) is 5.82 Å². The summed E-state index contributed by atoms with van der Waals surface area (Å²) in [4.78, 5) is 2.07. The molecule has 2 rings (SSSR count). The van der Waals surface area contributed by atoms with Gasteiger partial charge in [0, 0.05) is 25.3 Å². The van der Waals surface area contributed by atoms with Crippen LogP contribution in [0.5, 0.6) is 5.75 Å². The van der Waals surface area contributed by atoms with Crippen molar-refractivity contribution in [2.24, 2.45) is 0 Å². The SMILES string of the molecule is CCCOc1cc(N(C)Cc2ccc(F)cc2)ccc1N. The van der Waals surface area contributed by atoms with Gasteiger partial charge in [0.2, 0.25) is 0 Å². The number of rotatable bonds is 6. The molecule has 2 aromatic carbocycles. The van der Waals surface area contributed by atoms with Crippen molar-refractivity contribution >= 4 is 11.4 Å². The van der Waals surface area contributed by atoms with Crippen LogP contribution in [0.4, 0.5) is 15.8 Å². The highest BCUT2D eigenvalue weighted by Crippen LogP contribution is 2.28. The Bertz CT molecular complexity index is 584. The van der Waals surface area contributed by atoms with Crippen LogP contribution in [-0.4, -0.2) is 13.7 Å². The summed E-state index contributed by atoms with van der Waals surface area (Å²) in [7, 11) is 1.98. The number of halogens is 1. The minimum absolute atomic E-state index is 0.218. The number of nitrogen functional groups attached to an aromatic ring is 1. The Morgan fingerprint density at radius 2 is 1.86 bits per heavy atom. The van der Waals surface area contributed by atoms with Crippen LogP contribution in [0.15, 0.2) is 42.5 Å². The summed E-state index contributed by atoms with van der Waals surface area (Å²) >= 11 is 0. The lowest BCUT2D eigenvalue weighted by atomic mass is 10.2. The highest BCUT2D eigenvalue weighted by molar-refractivity contribution is 5.62. The number of nitrogens with two attached hydrogens (primary N) is 1. The Morgan fingerprint density at radius 3 is 2.52 bits per heavy atom. The Hall–Kier alpha value is -2.23. The van der Waals surface area contributed by atoms with Gasteiger partial charge in [0.05, 0.1) is 12.3 Å². The van der Waals surface area contributed by atoms with E-state index in [0.717, 1.165) is 17.7 Å². The second-order valence-corrected chi connectivity index (χ2v) is 5.05. The van der Waals surface area contributed by atoms with Crippen LogP contribution in [0.3, 0.4) is 0 Å². The molecule has 0 radical (unpaired) electrons. The Labute approximate surface area is 125 Å². The van der Waals surface area contributed by atoms with Gasteiger partial charge in [-0.2, -0.15) is 0 Å². The zero-order valence-corrected chi connectivity index (χ0v) is 12.5. The Kier molecular flexibility index (Phi) is 5.04. The maximum Gasteiger partial charge on any atom is 0.144 e. The first-order valence-electron chi connectivity index (χ1n) is 7.08. The molecule has 0 bridgehead atoms. The van der Waals surface area contributed by atoms with Crippen LogP contribution >= 0.6 is 0 Å². The van der Waals surface area contributed by atoms with E-state index in [1.54, 1.807) is 12.1 Å². The molecule has 0 atom stereocenters. The number of hydrogen-bond donors (Lipinski definition) is 1. The van der Waals surface area contributed by atoms with Gasteiger partial charge >= 0.3 is 0 Å². The van der Waals surface area contributed by atoms with Gasteiger partial charge in [-0.05, 0) is 36.2 Å². The first-order chi connectivity index (χ1) is 10.1. The summed E-state index contributed by atoms with van der Waals surface area (Å²) < 4.78 is 18.6. The second-order valence-electron chi connectivity index (χ2n) is 5.05. The average molecular weight is 288 g/mol. The molecule has 0 heterocycles. The van der Waals surface area contributed by atoms with Crippen molar-refractivity contribution in [2.45, 2.75) is 19.9 Å². The molecule has 0 aromatic heterocycles. The lowest BCUT2D eigenvalue weighted by molar-refractivity contribution is 0.319. The molecule has 0 aliphatic carbocycles. The molecule has 112 valence electrons. The van der Waals surface area contributed by atoms with E-state index in [9.17, 15) is 4.39 Å². The minimum atomic E-state index is -0.218. The molecule has 0 spiro atoms. The quantitative estimate of drug-likeness (QED) is 0.821. The highest BCUT2D eigenvalue weighted by atomic mass is 19.1. The zero-order valence-electron chi connectivity index (χ0n) is 12.5. The molecule has 0 fully saturated rings. The molecule has 0 saturated heterocycles. The molecule has 2 N–H and O–H groups in total. The normalized spacial score (nSPS) is 10.4. The summed E-state index contributed by atoms with van der Waals surface area (Å²) in [5.74, 6) is 0.490. The number of nitrogens with zero attached hydrogens (tertiary/aromatic N) is 1. The van der Waals surface area contributed by atoms with Gasteiger partial charge in [-0.15, -0.1) is 0 Å². The fourth-order valence-corrected chi connectivity index (χ4v) is 2.05. The zero-order chi connectivity index (χ0) is 15.2.